The van der Waals surface area contributed by atoms with Crippen molar-refractivity contribution in [3.63, 3.8) is 0 Å². The van der Waals surface area contributed by atoms with Crippen LogP contribution in [0.1, 0.15) is 27.7 Å². The molecule has 1 fully saturated rings. The van der Waals surface area contributed by atoms with E-state index in [-0.39, 0.29) is 6.23 Å². The van der Waals surface area contributed by atoms with Gasteiger partial charge in [0.25, 0.3) is 0 Å². The van der Waals surface area contributed by atoms with Crippen LogP contribution in [0.25, 0.3) is 0 Å². The smallest absolute Gasteiger partial charge is 0.105 e. The maximum atomic E-state index is 5.56. The van der Waals surface area contributed by atoms with Crippen LogP contribution in [-0.4, -0.2) is 18.4 Å². The van der Waals surface area contributed by atoms with Crippen molar-refractivity contribution >= 4 is 0 Å². The lowest BCUT2D eigenvalue weighted by Crippen LogP contribution is -2.51. The first-order valence-electron chi connectivity index (χ1n) is 4.02. The Morgan fingerprint density at radius 3 is 2.20 bits per heavy atom. The predicted molar refractivity (Wildman–Crippen MR) is 41.8 cm³/mol. The van der Waals surface area contributed by atoms with Crippen LogP contribution in [-0.2, 0) is 4.74 Å². The Morgan fingerprint density at radius 2 is 1.70 bits per heavy atom. The van der Waals surface area contributed by atoms with Gasteiger partial charge in [-0.1, -0.05) is 6.92 Å². The van der Waals surface area contributed by atoms with Crippen molar-refractivity contribution in [2.75, 3.05) is 0 Å². The highest BCUT2D eigenvalue weighted by atomic mass is 16.5. The van der Waals surface area contributed by atoms with E-state index in [1.165, 1.54) is 0 Å². The fourth-order valence-electron chi connectivity index (χ4n) is 1.41. The summed E-state index contributed by atoms with van der Waals surface area (Å²) in [4.78, 5) is 0. The molecular formula is C8H17NO. The van der Waals surface area contributed by atoms with Crippen molar-refractivity contribution in [1.29, 1.82) is 0 Å². The fraction of sp³-hybridized carbons (Fsp3) is 1.00. The second-order valence-corrected chi connectivity index (χ2v) is 3.30. The first kappa shape index (κ1) is 8.02. The van der Waals surface area contributed by atoms with Crippen LogP contribution in [0.15, 0.2) is 0 Å². The van der Waals surface area contributed by atoms with Crippen LogP contribution < -0.4 is 5.32 Å². The lowest BCUT2D eigenvalue weighted by molar-refractivity contribution is -0.0867. The van der Waals surface area contributed by atoms with E-state index in [9.17, 15) is 0 Å². The van der Waals surface area contributed by atoms with E-state index in [4.69, 9.17) is 4.74 Å². The van der Waals surface area contributed by atoms with E-state index < -0.39 is 0 Å². The molecule has 0 aromatic carbocycles. The highest BCUT2D eigenvalue weighted by Crippen LogP contribution is 2.18. The second-order valence-electron chi connectivity index (χ2n) is 3.30. The quantitative estimate of drug-likeness (QED) is 0.553. The molecule has 1 aliphatic rings. The molecule has 0 radical (unpaired) electrons. The fourth-order valence-corrected chi connectivity index (χ4v) is 1.41. The first-order valence-corrected chi connectivity index (χ1v) is 4.02. The summed E-state index contributed by atoms with van der Waals surface area (Å²) in [6, 6.07) is 0.582. The summed E-state index contributed by atoms with van der Waals surface area (Å²) in [5.41, 5.74) is 0. The monoisotopic (exact) mass is 143 g/mol. The van der Waals surface area contributed by atoms with Crippen LogP contribution in [0.5, 0.6) is 0 Å². The predicted octanol–water partition coefficient (Wildman–Crippen LogP) is 1.37. The minimum Gasteiger partial charge on any atom is -0.360 e. The van der Waals surface area contributed by atoms with Crippen LogP contribution in [0.2, 0.25) is 0 Å². The third kappa shape index (κ3) is 1.50. The van der Waals surface area contributed by atoms with Gasteiger partial charge in [0.2, 0.25) is 0 Å². The lowest BCUT2D eigenvalue weighted by atomic mass is 9.96. The van der Waals surface area contributed by atoms with Gasteiger partial charge >= 0.3 is 0 Å². The van der Waals surface area contributed by atoms with Crippen LogP contribution >= 0.6 is 0 Å². The van der Waals surface area contributed by atoms with E-state index in [0.717, 1.165) is 0 Å². The van der Waals surface area contributed by atoms with Crippen molar-refractivity contribution in [3.05, 3.63) is 0 Å². The summed E-state index contributed by atoms with van der Waals surface area (Å²) in [6.45, 7) is 8.62. The molecule has 0 aromatic heterocycles. The third-order valence-electron chi connectivity index (χ3n) is 2.45. The van der Waals surface area contributed by atoms with Gasteiger partial charge in [0.15, 0.2) is 0 Å². The molecule has 60 valence electrons. The molecule has 1 rings (SSSR count). The van der Waals surface area contributed by atoms with Crippen molar-refractivity contribution in [3.8, 4) is 0 Å². The van der Waals surface area contributed by atoms with E-state index in [0.29, 0.717) is 18.1 Å². The van der Waals surface area contributed by atoms with Gasteiger partial charge in [-0.05, 0) is 26.7 Å². The zero-order valence-corrected chi connectivity index (χ0v) is 7.22. The topological polar surface area (TPSA) is 21.3 Å². The summed E-state index contributed by atoms with van der Waals surface area (Å²) in [7, 11) is 0. The van der Waals surface area contributed by atoms with Gasteiger partial charge in [-0.2, -0.15) is 0 Å². The Hall–Kier alpha value is -0.0800. The Balaban J connectivity index is 2.49. The summed E-state index contributed by atoms with van der Waals surface area (Å²) < 4.78 is 5.56. The average molecular weight is 143 g/mol. The Kier molecular flexibility index (Phi) is 2.32. The van der Waals surface area contributed by atoms with Crippen molar-refractivity contribution < 1.29 is 4.74 Å². The Bertz CT molecular complexity index is 104. The molecule has 1 aliphatic heterocycles. The molecule has 0 spiro atoms. The van der Waals surface area contributed by atoms with Gasteiger partial charge in [-0.15, -0.1) is 0 Å². The molecule has 2 nitrogen and oxygen atoms in total. The van der Waals surface area contributed by atoms with E-state index >= 15 is 0 Å². The van der Waals surface area contributed by atoms with Gasteiger partial charge < -0.3 is 4.74 Å². The summed E-state index contributed by atoms with van der Waals surface area (Å²) in [5.74, 6) is 0.621. The molecule has 0 amide bonds. The van der Waals surface area contributed by atoms with Crippen molar-refractivity contribution in [2.24, 2.45) is 5.92 Å². The zero-order chi connectivity index (χ0) is 7.72. The van der Waals surface area contributed by atoms with Gasteiger partial charge in [-0.25, -0.2) is 0 Å². The van der Waals surface area contributed by atoms with E-state index in [1.807, 2.05) is 0 Å². The van der Waals surface area contributed by atoms with E-state index in [2.05, 4.69) is 33.0 Å². The normalized spacial score (nSPS) is 49.2. The Morgan fingerprint density at radius 1 is 1.10 bits per heavy atom. The van der Waals surface area contributed by atoms with Crippen LogP contribution in [0, 0.1) is 5.92 Å². The minimum atomic E-state index is 0.223. The molecule has 0 bridgehead atoms. The van der Waals surface area contributed by atoms with Gasteiger partial charge in [0.05, 0.1) is 6.10 Å². The van der Waals surface area contributed by atoms with Crippen molar-refractivity contribution in [1.82, 2.24) is 5.32 Å². The minimum absolute atomic E-state index is 0.223. The molecule has 1 N–H and O–H groups in total. The molecule has 1 saturated heterocycles. The maximum absolute atomic E-state index is 5.56. The average Bonchev–Trinajstić information content (AvgIpc) is 1.82. The molecule has 4 atom stereocenters. The molecule has 0 saturated carbocycles. The molecule has 0 unspecified atom stereocenters. The molecule has 1 heterocycles. The summed E-state index contributed by atoms with van der Waals surface area (Å²) >= 11 is 0. The van der Waals surface area contributed by atoms with Gasteiger partial charge in [0.1, 0.15) is 6.23 Å². The van der Waals surface area contributed by atoms with Crippen LogP contribution in [0.3, 0.4) is 0 Å². The largest absolute Gasteiger partial charge is 0.360 e. The molecular weight excluding hydrogens is 126 g/mol. The molecule has 2 heteroatoms. The highest BCUT2D eigenvalue weighted by molar-refractivity contribution is 4.78. The highest BCUT2D eigenvalue weighted by Gasteiger charge is 2.27. The molecule has 0 aromatic rings. The number of nitrogens with one attached hydrogen (secondary N) is 1. The number of ether oxygens (including phenoxy) is 1. The summed E-state index contributed by atoms with van der Waals surface area (Å²) in [6.07, 6.45) is 0.618. The number of hydrogen-bond donors (Lipinski definition) is 1. The zero-order valence-electron chi connectivity index (χ0n) is 7.22. The number of rotatable bonds is 0. The summed E-state index contributed by atoms with van der Waals surface area (Å²) in [5, 5.41) is 3.34. The van der Waals surface area contributed by atoms with Gasteiger partial charge in [0, 0.05) is 6.04 Å². The standard InChI is InChI=1S/C8H17NO/c1-5-6(2)9-8(4)10-7(5)3/h5-9H,1-4H3/t5-,6+,7-,8+/m0/s1. The number of hydrogen-bond acceptors (Lipinski definition) is 2. The SMILES string of the molecule is C[C@@H]1[C@H](C)O[C@H](C)N[C@@H]1C. The first-order chi connectivity index (χ1) is 4.61. The second kappa shape index (κ2) is 2.89. The maximum Gasteiger partial charge on any atom is 0.105 e. The Labute approximate surface area is 63.0 Å². The third-order valence-corrected chi connectivity index (χ3v) is 2.45. The molecule has 0 aliphatic carbocycles. The van der Waals surface area contributed by atoms with Crippen molar-refractivity contribution in [2.45, 2.75) is 46.1 Å². The van der Waals surface area contributed by atoms with Gasteiger partial charge in [-0.3, -0.25) is 5.32 Å². The lowest BCUT2D eigenvalue weighted by Gasteiger charge is -2.37. The van der Waals surface area contributed by atoms with E-state index in [1.54, 1.807) is 0 Å². The van der Waals surface area contributed by atoms with Crippen LogP contribution in [0.4, 0.5) is 0 Å². The molecule has 10 heavy (non-hydrogen) atoms.